The minimum atomic E-state index is -0.230. The highest BCUT2D eigenvalue weighted by molar-refractivity contribution is 6.49. The molecule has 1 aliphatic heterocycles. The summed E-state index contributed by atoms with van der Waals surface area (Å²) in [6.45, 7) is 8.41. The number of hydrogen-bond acceptors (Lipinski definition) is 3. The zero-order chi connectivity index (χ0) is 13.2. The van der Waals surface area contributed by atoms with Gasteiger partial charge >= 0.3 is 7.12 Å². The molecule has 18 heavy (non-hydrogen) atoms. The predicted octanol–water partition coefficient (Wildman–Crippen LogP) is 2.98. The van der Waals surface area contributed by atoms with E-state index in [-0.39, 0.29) is 18.3 Å². The Balaban J connectivity index is 1.68. The topological polar surface area (TPSA) is 35.5 Å². The first-order valence-electron chi connectivity index (χ1n) is 7.13. The van der Waals surface area contributed by atoms with Crippen molar-refractivity contribution in [1.82, 2.24) is 0 Å². The van der Waals surface area contributed by atoms with Gasteiger partial charge in [0.1, 0.15) is 5.78 Å². The lowest BCUT2D eigenvalue weighted by molar-refractivity contribution is -0.121. The normalized spacial score (nSPS) is 36.1. The van der Waals surface area contributed by atoms with Crippen LogP contribution in [0.1, 0.15) is 59.8 Å². The van der Waals surface area contributed by atoms with E-state index in [1.54, 1.807) is 0 Å². The van der Waals surface area contributed by atoms with Crippen molar-refractivity contribution in [3.63, 3.8) is 0 Å². The minimum absolute atomic E-state index is 0.0665. The van der Waals surface area contributed by atoms with Gasteiger partial charge in [-0.25, -0.2) is 0 Å². The third-order valence-electron chi connectivity index (χ3n) is 5.66. The van der Waals surface area contributed by atoms with E-state index in [0.29, 0.717) is 17.0 Å². The van der Waals surface area contributed by atoms with Crippen LogP contribution in [0.25, 0.3) is 0 Å². The van der Waals surface area contributed by atoms with Gasteiger partial charge < -0.3 is 9.31 Å². The molecule has 4 heteroatoms. The summed E-state index contributed by atoms with van der Waals surface area (Å²) < 4.78 is 12.3. The molecule has 0 radical (unpaired) electrons. The highest BCUT2D eigenvalue weighted by Gasteiger charge is 2.66. The van der Waals surface area contributed by atoms with Crippen LogP contribution < -0.4 is 0 Å². The van der Waals surface area contributed by atoms with Crippen LogP contribution in [0.4, 0.5) is 0 Å². The van der Waals surface area contributed by atoms with Crippen molar-refractivity contribution in [2.24, 2.45) is 5.41 Å². The average molecular weight is 250 g/mol. The average Bonchev–Trinajstić information content (AvgIpc) is 2.90. The van der Waals surface area contributed by atoms with Gasteiger partial charge in [-0.1, -0.05) is 0 Å². The van der Waals surface area contributed by atoms with Crippen molar-refractivity contribution in [3.05, 3.63) is 0 Å². The number of Topliss-reactive ketones (excluding diaryl/α,β-unsaturated/α-hetero) is 1. The molecule has 0 amide bonds. The summed E-state index contributed by atoms with van der Waals surface area (Å²) in [6.07, 6.45) is 4.78. The Bertz CT molecular complexity index is 363. The SMILES string of the molecule is CC1(C)OB(C2CC23CCC(=O)CC3)OC1(C)C. The van der Waals surface area contributed by atoms with Gasteiger partial charge in [-0.2, -0.15) is 0 Å². The Hall–Kier alpha value is -0.345. The first-order valence-corrected chi connectivity index (χ1v) is 7.13. The molecule has 1 heterocycles. The van der Waals surface area contributed by atoms with Crippen molar-refractivity contribution >= 4 is 12.9 Å². The third kappa shape index (κ3) is 1.76. The summed E-state index contributed by atoms with van der Waals surface area (Å²) in [5.74, 6) is 0.937. The predicted molar refractivity (Wildman–Crippen MR) is 70.4 cm³/mol. The molecule has 0 aromatic carbocycles. The van der Waals surface area contributed by atoms with E-state index < -0.39 is 0 Å². The molecule has 0 aromatic heterocycles. The van der Waals surface area contributed by atoms with Gasteiger partial charge in [-0.3, -0.25) is 4.79 Å². The second-order valence-corrected chi connectivity index (χ2v) is 7.34. The van der Waals surface area contributed by atoms with Crippen LogP contribution in [0, 0.1) is 5.41 Å². The van der Waals surface area contributed by atoms with Crippen LogP contribution in [0.3, 0.4) is 0 Å². The molecular formula is C14H23BO3. The van der Waals surface area contributed by atoms with Gasteiger partial charge in [0.05, 0.1) is 11.2 Å². The van der Waals surface area contributed by atoms with Gasteiger partial charge in [0, 0.05) is 18.7 Å². The van der Waals surface area contributed by atoms with E-state index >= 15 is 0 Å². The zero-order valence-electron chi connectivity index (χ0n) is 11.9. The molecule has 100 valence electrons. The van der Waals surface area contributed by atoms with Gasteiger partial charge in [-0.05, 0) is 52.4 Å². The molecule has 3 aliphatic rings. The van der Waals surface area contributed by atoms with E-state index in [1.165, 1.54) is 6.42 Å². The first-order chi connectivity index (χ1) is 8.26. The standard InChI is InChI=1S/C14H23BO3/c1-12(2)13(3,4)18-15(17-12)11-9-14(11)7-5-10(16)6-8-14/h11H,5-9H2,1-4H3. The Labute approximate surface area is 110 Å². The van der Waals surface area contributed by atoms with Gasteiger partial charge in [0.2, 0.25) is 0 Å². The second kappa shape index (κ2) is 3.60. The molecule has 0 bridgehead atoms. The lowest BCUT2D eigenvalue weighted by Gasteiger charge is -2.32. The van der Waals surface area contributed by atoms with Crippen LogP contribution in [0.2, 0.25) is 5.82 Å². The number of hydrogen-bond donors (Lipinski definition) is 0. The first kappa shape index (κ1) is 12.7. The largest absolute Gasteiger partial charge is 0.461 e. The monoisotopic (exact) mass is 250 g/mol. The van der Waals surface area contributed by atoms with Crippen LogP contribution in [-0.2, 0) is 14.1 Å². The molecule has 1 atom stereocenters. The van der Waals surface area contributed by atoms with E-state index in [9.17, 15) is 4.79 Å². The maximum Gasteiger partial charge on any atom is 0.461 e. The summed E-state index contributed by atoms with van der Waals surface area (Å²) in [4.78, 5) is 11.4. The fraction of sp³-hybridized carbons (Fsp3) is 0.929. The maximum atomic E-state index is 11.4. The molecule has 2 aliphatic carbocycles. The van der Waals surface area contributed by atoms with Crippen molar-refractivity contribution in [3.8, 4) is 0 Å². The van der Waals surface area contributed by atoms with Crippen LogP contribution in [0.5, 0.6) is 0 Å². The Kier molecular flexibility index (Phi) is 2.54. The zero-order valence-corrected chi connectivity index (χ0v) is 11.9. The Morgan fingerprint density at radius 1 is 1.06 bits per heavy atom. The lowest BCUT2D eigenvalue weighted by atomic mass is 9.72. The molecule has 3 nitrogen and oxygen atoms in total. The number of carbonyl (C=O) groups excluding carboxylic acids is 1. The molecule has 2 saturated carbocycles. The van der Waals surface area contributed by atoms with E-state index in [0.717, 1.165) is 25.7 Å². The number of ketones is 1. The molecule has 1 spiro atoms. The molecule has 0 aromatic rings. The molecule has 1 saturated heterocycles. The van der Waals surface area contributed by atoms with Gasteiger partial charge in [0.25, 0.3) is 0 Å². The Morgan fingerprint density at radius 2 is 1.56 bits per heavy atom. The van der Waals surface area contributed by atoms with Crippen LogP contribution in [-0.4, -0.2) is 24.1 Å². The molecule has 1 unspecified atom stereocenters. The smallest absolute Gasteiger partial charge is 0.403 e. The quantitative estimate of drug-likeness (QED) is 0.671. The molecule has 3 rings (SSSR count). The Morgan fingerprint density at radius 3 is 2.06 bits per heavy atom. The lowest BCUT2D eigenvalue weighted by Crippen LogP contribution is -2.41. The van der Waals surface area contributed by atoms with Crippen molar-refractivity contribution in [1.29, 1.82) is 0 Å². The third-order valence-corrected chi connectivity index (χ3v) is 5.66. The van der Waals surface area contributed by atoms with Crippen molar-refractivity contribution in [2.45, 2.75) is 76.8 Å². The summed E-state index contributed by atoms with van der Waals surface area (Å²) in [7, 11) is -0.0665. The van der Waals surface area contributed by atoms with Crippen molar-refractivity contribution < 1.29 is 14.1 Å². The molecule has 0 N–H and O–H groups in total. The van der Waals surface area contributed by atoms with Crippen molar-refractivity contribution in [2.75, 3.05) is 0 Å². The summed E-state index contributed by atoms with van der Waals surface area (Å²) in [5, 5.41) is 0. The van der Waals surface area contributed by atoms with Gasteiger partial charge in [-0.15, -0.1) is 0 Å². The molecular weight excluding hydrogens is 227 g/mol. The minimum Gasteiger partial charge on any atom is -0.403 e. The summed E-state index contributed by atoms with van der Waals surface area (Å²) in [5.41, 5.74) is -0.104. The number of carbonyl (C=O) groups is 1. The number of rotatable bonds is 1. The van der Waals surface area contributed by atoms with E-state index in [4.69, 9.17) is 9.31 Å². The fourth-order valence-electron chi connectivity index (χ4n) is 3.42. The van der Waals surface area contributed by atoms with Gasteiger partial charge in [0.15, 0.2) is 0 Å². The van der Waals surface area contributed by atoms with E-state index in [2.05, 4.69) is 27.7 Å². The molecule has 3 fully saturated rings. The summed E-state index contributed by atoms with van der Waals surface area (Å²) in [6, 6.07) is 0. The van der Waals surface area contributed by atoms with Crippen LogP contribution >= 0.6 is 0 Å². The fourth-order valence-corrected chi connectivity index (χ4v) is 3.42. The summed E-state index contributed by atoms with van der Waals surface area (Å²) >= 11 is 0. The van der Waals surface area contributed by atoms with E-state index in [1.807, 2.05) is 0 Å². The highest BCUT2D eigenvalue weighted by Crippen LogP contribution is 2.68. The second-order valence-electron chi connectivity index (χ2n) is 7.34. The van der Waals surface area contributed by atoms with Crippen LogP contribution in [0.15, 0.2) is 0 Å². The maximum absolute atomic E-state index is 11.4. The highest BCUT2D eigenvalue weighted by atomic mass is 16.7.